The van der Waals surface area contributed by atoms with Gasteiger partial charge in [0.15, 0.2) is 5.54 Å². The van der Waals surface area contributed by atoms with Crippen molar-refractivity contribution >= 4 is 39.1 Å². The molecule has 1 N–H and O–H groups in total. The summed E-state index contributed by atoms with van der Waals surface area (Å²) < 4.78 is 33.7. The summed E-state index contributed by atoms with van der Waals surface area (Å²) in [5.41, 5.74) is -1.27. The second kappa shape index (κ2) is 10.9. The largest absolute Gasteiger partial charge is 0.507 e. The lowest BCUT2D eigenvalue weighted by atomic mass is 9.82. The van der Waals surface area contributed by atoms with Crippen molar-refractivity contribution < 1.29 is 32.6 Å². The smallest absolute Gasteiger partial charge is 0.296 e. The summed E-state index contributed by atoms with van der Waals surface area (Å²) in [4.78, 5) is 46.4. The summed E-state index contributed by atoms with van der Waals surface area (Å²) in [6, 6.07) is 12.6. The summed E-state index contributed by atoms with van der Waals surface area (Å²) in [7, 11) is -2.27. The van der Waals surface area contributed by atoms with Gasteiger partial charge in [-0.3, -0.25) is 19.3 Å². The number of morpholine rings is 1. The van der Waals surface area contributed by atoms with E-state index in [-0.39, 0.29) is 22.6 Å². The molecule has 2 amide bonds. The van der Waals surface area contributed by atoms with Crippen molar-refractivity contribution in [1.82, 2.24) is 14.1 Å². The van der Waals surface area contributed by atoms with Crippen LogP contribution in [0, 0.1) is 0 Å². The molecule has 2 aromatic carbocycles. The fraction of sp³-hybridized carbons (Fsp3) is 0.433. The SMILES string of the molecule is CN1C(=O)[C@@]2(C(=C(O)c3cccc(S(=O)(=O)N4CCCCC4)c3)C(=O)C(=O)N2CCN2CCOCC2)c2ccccc21. The molecular weight excluding hydrogens is 560 g/mol. The number of hydrogen-bond acceptors (Lipinski definition) is 8. The summed E-state index contributed by atoms with van der Waals surface area (Å²) in [6.07, 6.45) is 2.49. The Morgan fingerprint density at radius 3 is 2.38 bits per heavy atom. The van der Waals surface area contributed by atoms with Crippen LogP contribution in [0.5, 0.6) is 0 Å². The first-order valence-corrected chi connectivity index (χ1v) is 15.7. The summed E-state index contributed by atoms with van der Waals surface area (Å²) >= 11 is 0. The van der Waals surface area contributed by atoms with Crippen molar-refractivity contribution in [2.75, 3.05) is 64.4 Å². The molecule has 0 radical (unpaired) electrons. The van der Waals surface area contributed by atoms with Gasteiger partial charge in [0, 0.05) is 63.1 Å². The first-order chi connectivity index (χ1) is 20.2. The molecule has 6 rings (SSSR count). The van der Waals surface area contributed by atoms with Gasteiger partial charge in [-0.1, -0.05) is 36.8 Å². The zero-order valence-electron chi connectivity index (χ0n) is 23.5. The van der Waals surface area contributed by atoms with Crippen molar-refractivity contribution in [3.8, 4) is 0 Å². The third kappa shape index (κ3) is 4.36. The van der Waals surface area contributed by atoms with E-state index in [9.17, 15) is 27.9 Å². The molecule has 0 aliphatic carbocycles. The van der Waals surface area contributed by atoms with Gasteiger partial charge in [-0.15, -0.1) is 0 Å². The molecule has 42 heavy (non-hydrogen) atoms. The number of benzene rings is 2. The predicted octanol–water partition coefficient (Wildman–Crippen LogP) is 1.75. The molecule has 2 aromatic rings. The number of ether oxygens (including phenoxy) is 1. The highest BCUT2D eigenvalue weighted by Gasteiger charge is 2.66. The van der Waals surface area contributed by atoms with Crippen LogP contribution in [0.1, 0.15) is 30.4 Å². The molecule has 4 aliphatic heterocycles. The average Bonchev–Trinajstić information content (AvgIpc) is 3.38. The lowest BCUT2D eigenvalue weighted by Gasteiger charge is -2.36. The molecule has 0 bridgehead atoms. The van der Waals surface area contributed by atoms with Gasteiger partial charge in [-0.2, -0.15) is 4.31 Å². The van der Waals surface area contributed by atoms with Gasteiger partial charge in [0.25, 0.3) is 17.6 Å². The zero-order chi connectivity index (χ0) is 29.6. The number of amides is 2. The lowest BCUT2D eigenvalue weighted by Crippen LogP contribution is -2.53. The number of piperidine rings is 1. The number of rotatable bonds is 6. The van der Waals surface area contributed by atoms with E-state index in [0.717, 1.165) is 19.3 Å². The number of Topliss-reactive ketones (excluding diaryl/α,β-unsaturated/α-hetero) is 1. The Kier molecular flexibility index (Phi) is 7.42. The predicted molar refractivity (Wildman–Crippen MR) is 154 cm³/mol. The molecule has 222 valence electrons. The van der Waals surface area contributed by atoms with Crippen LogP contribution < -0.4 is 4.90 Å². The fourth-order valence-corrected chi connectivity index (χ4v) is 8.10. The van der Waals surface area contributed by atoms with Crippen LogP contribution in [0.15, 0.2) is 59.0 Å². The molecule has 3 fully saturated rings. The summed E-state index contributed by atoms with van der Waals surface area (Å²) in [6.45, 7) is 3.69. The number of ketones is 1. The van der Waals surface area contributed by atoms with Gasteiger partial charge in [-0.25, -0.2) is 8.42 Å². The maximum Gasteiger partial charge on any atom is 0.296 e. The van der Waals surface area contributed by atoms with Crippen LogP contribution in [0.2, 0.25) is 0 Å². The van der Waals surface area contributed by atoms with Crippen molar-refractivity contribution in [2.45, 2.75) is 29.7 Å². The molecule has 4 heterocycles. The van der Waals surface area contributed by atoms with Gasteiger partial charge in [0.1, 0.15) is 5.76 Å². The highest BCUT2D eigenvalue weighted by atomic mass is 32.2. The molecule has 0 unspecified atom stereocenters. The fourth-order valence-electron chi connectivity index (χ4n) is 6.54. The normalized spacial score (nSPS) is 25.0. The van der Waals surface area contributed by atoms with E-state index in [1.165, 1.54) is 38.4 Å². The number of sulfonamides is 1. The standard InChI is InChI=1S/C30H34N4O7S/c1-31-24-11-4-3-10-23(24)30(29(31)38)25(27(36)28(37)34(30)15-14-32-16-18-41-19-17-32)26(35)21-8-7-9-22(20-21)42(39,40)33-12-5-2-6-13-33/h3-4,7-11,20,35H,2,5-6,12-19H2,1H3/t30-/m0/s1. The number of carbonyl (C=O) groups excluding carboxylic acids is 3. The molecular formula is C30H34N4O7S. The van der Waals surface area contributed by atoms with Gasteiger partial charge in [0.2, 0.25) is 10.0 Å². The maximum absolute atomic E-state index is 14.2. The van der Waals surface area contributed by atoms with Crippen LogP contribution in [0.3, 0.4) is 0 Å². The Hall–Kier alpha value is -3.58. The second-order valence-electron chi connectivity index (χ2n) is 11.0. The van der Waals surface area contributed by atoms with Crippen LogP contribution in [-0.2, 0) is 34.7 Å². The van der Waals surface area contributed by atoms with E-state index in [2.05, 4.69) is 4.90 Å². The molecule has 0 aromatic heterocycles. The van der Waals surface area contributed by atoms with Gasteiger partial charge < -0.3 is 19.6 Å². The quantitative estimate of drug-likeness (QED) is 0.305. The number of hydrogen-bond donors (Lipinski definition) is 1. The molecule has 3 saturated heterocycles. The van der Waals surface area contributed by atoms with Gasteiger partial charge in [0.05, 0.1) is 23.7 Å². The number of aliphatic hydroxyl groups excluding tert-OH is 1. The van der Waals surface area contributed by atoms with Crippen LogP contribution in [-0.4, -0.2) is 105 Å². The summed E-state index contributed by atoms with van der Waals surface area (Å²) in [5, 5.41) is 11.8. The molecule has 11 nitrogen and oxygen atoms in total. The minimum atomic E-state index is -3.85. The van der Waals surface area contributed by atoms with E-state index in [1.807, 2.05) is 0 Å². The first-order valence-electron chi connectivity index (χ1n) is 14.3. The molecule has 12 heteroatoms. The van der Waals surface area contributed by atoms with Gasteiger partial charge in [-0.05, 0) is 31.0 Å². The molecule has 1 atom stereocenters. The van der Waals surface area contributed by atoms with Crippen molar-refractivity contribution in [3.63, 3.8) is 0 Å². The minimum Gasteiger partial charge on any atom is -0.507 e. The Morgan fingerprint density at radius 2 is 1.64 bits per heavy atom. The van der Waals surface area contributed by atoms with Crippen molar-refractivity contribution in [3.05, 3.63) is 65.2 Å². The molecule has 0 saturated carbocycles. The molecule has 1 spiro atoms. The second-order valence-corrected chi connectivity index (χ2v) is 13.0. The highest BCUT2D eigenvalue weighted by Crippen LogP contribution is 2.53. The van der Waals surface area contributed by atoms with Crippen LogP contribution >= 0.6 is 0 Å². The number of likely N-dealkylation sites (tertiary alicyclic amines) is 1. The number of carbonyl (C=O) groups is 3. The van der Waals surface area contributed by atoms with E-state index in [1.54, 1.807) is 31.3 Å². The van der Waals surface area contributed by atoms with E-state index in [0.29, 0.717) is 57.2 Å². The Balaban J connectivity index is 1.49. The number of anilines is 1. The Bertz CT molecular complexity index is 1580. The number of nitrogens with zero attached hydrogens (tertiary/aromatic N) is 4. The number of likely N-dealkylation sites (N-methyl/N-ethyl adjacent to an activating group) is 1. The first kappa shape index (κ1) is 28.5. The van der Waals surface area contributed by atoms with Crippen LogP contribution in [0.25, 0.3) is 5.76 Å². The Labute approximate surface area is 245 Å². The topological polar surface area (TPSA) is 128 Å². The number of aliphatic hydroxyl groups is 1. The summed E-state index contributed by atoms with van der Waals surface area (Å²) in [5.74, 6) is -3.00. The lowest BCUT2D eigenvalue weighted by molar-refractivity contribution is -0.144. The van der Waals surface area contributed by atoms with Crippen LogP contribution in [0.4, 0.5) is 5.69 Å². The van der Waals surface area contributed by atoms with E-state index >= 15 is 0 Å². The average molecular weight is 595 g/mol. The van der Waals surface area contributed by atoms with Crippen molar-refractivity contribution in [2.24, 2.45) is 0 Å². The third-order valence-electron chi connectivity index (χ3n) is 8.74. The molecule has 4 aliphatic rings. The maximum atomic E-state index is 14.2. The zero-order valence-corrected chi connectivity index (χ0v) is 24.3. The third-order valence-corrected chi connectivity index (χ3v) is 10.6. The Morgan fingerprint density at radius 1 is 0.929 bits per heavy atom. The minimum absolute atomic E-state index is 0.0284. The monoisotopic (exact) mass is 594 g/mol. The van der Waals surface area contributed by atoms with Gasteiger partial charge >= 0.3 is 0 Å². The van der Waals surface area contributed by atoms with Crippen molar-refractivity contribution in [1.29, 1.82) is 0 Å². The number of fused-ring (bicyclic) bond motifs is 2. The highest BCUT2D eigenvalue weighted by molar-refractivity contribution is 7.89. The van der Waals surface area contributed by atoms with E-state index < -0.39 is 38.9 Å². The number of para-hydroxylation sites is 1. The van der Waals surface area contributed by atoms with E-state index in [4.69, 9.17) is 4.74 Å².